The molecule has 27 heavy (non-hydrogen) atoms. The van der Waals surface area contributed by atoms with Gasteiger partial charge in [-0.25, -0.2) is 4.79 Å². The Morgan fingerprint density at radius 3 is 2.56 bits per heavy atom. The van der Waals surface area contributed by atoms with Gasteiger partial charge in [-0.15, -0.1) is 0 Å². The van der Waals surface area contributed by atoms with Crippen LogP contribution in [0.5, 0.6) is 0 Å². The number of hydrogen-bond acceptors (Lipinski definition) is 3. The Kier molecular flexibility index (Phi) is 4.92. The average Bonchev–Trinajstić information content (AvgIpc) is 2.97. The molecule has 142 valence electrons. The second kappa shape index (κ2) is 7.51. The van der Waals surface area contributed by atoms with Crippen LogP contribution in [-0.4, -0.2) is 23.6 Å². The summed E-state index contributed by atoms with van der Waals surface area (Å²) in [6.07, 6.45) is 6.37. The smallest absolute Gasteiger partial charge is 0.326 e. The maximum absolute atomic E-state index is 12.6. The van der Waals surface area contributed by atoms with Crippen LogP contribution in [0.15, 0.2) is 47.3 Å². The van der Waals surface area contributed by atoms with E-state index in [4.69, 9.17) is 0 Å². The van der Waals surface area contributed by atoms with Crippen molar-refractivity contribution in [3.05, 3.63) is 52.9 Å². The predicted octanol–water partition coefficient (Wildman–Crippen LogP) is 4.72. The highest BCUT2D eigenvalue weighted by atomic mass is 16.1. The summed E-state index contributed by atoms with van der Waals surface area (Å²) in [5.74, 6) is 0.611. The van der Waals surface area contributed by atoms with Crippen LogP contribution in [0, 0.1) is 5.92 Å². The van der Waals surface area contributed by atoms with Gasteiger partial charge in [0.05, 0.1) is 22.4 Å². The minimum atomic E-state index is -0.00265. The van der Waals surface area contributed by atoms with Crippen molar-refractivity contribution in [3.8, 4) is 0 Å². The maximum Gasteiger partial charge on any atom is 0.326 e. The fourth-order valence-electron chi connectivity index (χ4n) is 4.15. The highest BCUT2D eigenvalue weighted by molar-refractivity contribution is 5.89. The van der Waals surface area contributed by atoms with E-state index in [2.05, 4.69) is 27.3 Å². The first kappa shape index (κ1) is 17.7. The van der Waals surface area contributed by atoms with Crippen LogP contribution >= 0.6 is 0 Å². The van der Waals surface area contributed by atoms with Gasteiger partial charge in [-0.2, -0.15) is 0 Å². The van der Waals surface area contributed by atoms with Crippen molar-refractivity contribution in [2.45, 2.75) is 38.6 Å². The van der Waals surface area contributed by atoms with Gasteiger partial charge in [0, 0.05) is 26.3 Å². The zero-order valence-corrected chi connectivity index (χ0v) is 16.2. The molecular weight excluding hydrogens is 336 g/mol. The molecule has 0 unspecified atom stereocenters. The van der Waals surface area contributed by atoms with Gasteiger partial charge in [0.1, 0.15) is 0 Å². The van der Waals surface area contributed by atoms with Crippen LogP contribution in [0.3, 0.4) is 0 Å². The third-order valence-electron chi connectivity index (χ3n) is 5.59. The predicted molar refractivity (Wildman–Crippen MR) is 113 cm³/mol. The summed E-state index contributed by atoms with van der Waals surface area (Å²) in [6, 6.07) is 14.3. The molecule has 0 amide bonds. The fraction of sp³-hybridized carbons (Fsp3) is 0.409. The van der Waals surface area contributed by atoms with E-state index in [0.29, 0.717) is 5.92 Å². The van der Waals surface area contributed by atoms with Crippen molar-refractivity contribution in [1.29, 1.82) is 0 Å². The second-order valence-electron chi connectivity index (χ2n) is 7.82. The lowest BCUT2D eigenvalue weighted by Gasteiger charge is -2.22. The highest BCUT2D eigenvalue weighted by Gasteiger charge is 2.18. The van der Waals surface area contributed by atoms with Crippen LogP contribution in [0.2, 0.25) is 0 Å². The van der Waals surface area contributed by atoms with Gasteiger partial charge in [0.15, 0.2) is 0 Å². The summed E-state index contributed by atoms with van der Waals surface area (Å²) in [5, 5.41) is 3.48. The lowest BCUT2D eigenvalue weighted by Crippen LogP contribution is -2.23. The summed E-state index contributed by atoms with van der Waals surface area (Å²) >= 11 is 0. The molecule has 0 bridgehead atoms. The Bertz CT molecular complexity index is 965. The van der Waals surface area contributed by atoms with Crippen molar-refractivity contribution < 1.29 is 0 Å². The van der Waals surface area contributed by atoms with Crippen LogP contribution in [0.4, 0.5) is 17.1 Å². The quantitative estimate of drug-likeness (QED) is 0.689. The Labute approximate surface area is 160 Å². The Morgan fingerprint density at radius 1 is 1.11 bits per heavy atom. The number of aromatic amines is 1. The molecule has 1 aromatic heterocycles. The zero-order valence-electron chi connectivity index (χ0n) is 16.2. The molecular formula is C22H28N4O. The molecule has 2 N–H and O–H groups in total. The van der Waals surface area contributed by atoms with Crippen LogP contribution < -0.4 is 15.9 Å². The first-order valence-electron chi connectivity index (χ1n) is 9.88. The van der Waals surface area contributed by atoms with Crippen molar-refractivity contribution in [2.75, 3.05) is 24.3 Å². The van der Waals surface area contributed by atoms with Gasteiger partial charge in [0.25, 0.3) is 0 Å². The number of H-pyrrole nitrogens is 1. The summed E-state index contributed by atoms with van der Waals surface area (Å²) < 4.78 is 1.94. The third-order valence-corrected chi connectivity index (χ3v) is 5.59. The minimum absolute atomic E-state index is 0.00265. The van der Waals surface area contributed by atoms with E-state index < -0.39 is 0 Å². The number of imidazole rings is 1. The van der Waals surface area contributed by atoms with Gasteiger partial charge >= 0.3 is 5.69 Å². The van der Waals surface area contributed by atoms with Crippen LogP contribution in [0.25, 0.3) is 11.0 Å². The third kappa shape index (κ3) is 3.72. The molecule has 1 fully saturated rings. The standard InChI is InChI=1S/C22H28N4O/c1-25(2)20-14-21-19(13-18(20)23-17-11-7-4-8-12-17)24-22(27)26(21)15-16-9-5-3-6-10-16/h4,7-8,11-14,16,23H,3,5-6,9-10,15H2,1-2H3,(H,24,27). The number of rotatable bonds is 5. The van der Waals surface area contributed by atoms with Gasteiger partial charge in [-0.3, -0.25) is 4.57 Å². The largest absolute Gasteiger partial charge is 0.376 e. The van der Waals surface area contributed by atoms with E-state index in [1.165, 1.54) is 32.1 Å². The van der Waals surface area contributed by atoms with E-state index in [1.54, 1.807) is 0 Å². The number of anilines is 3. The number of aromatic nitrogens is 2. The van der Waals surface area contributed by atoms with Crippen molar-refractivity contribution in [2.24, 2.45) is 5.92 Å². The van der Waals surface area contributed by atoms with E-state index >= 15 is 0 Å². The second-order valence-corrected chi connectivity index (χ2v) is 7.82. The molecule has 3 aromatic rings. The Morgan fingerprint density at radius 2 is 1.85 bits per heavy atom. The fourth-order valence-corrected chi connectivity index (χ4v) is 4.15. The zero-order chi connectivity index (χ0) is 18.8. The summed E-state index contributed by atoms with van der Waals surface area (Å²) in [7, 11) is 4.07. The number of benzene rings is 2. The maximum atomic E-state index is 12.6. The van der Waals surface area contributed by atoms with Gasteiger partial charge in [0.2, 0.25) is 0 Å². The number of nitrogens with zero attached hydrogens (tertiary/aromatic N) is 2. The molecule has 0 saturated heterocycles. The molecule has 1 aliphatic carbocycles. The molecule has 0 aliphatic heterocycles. The number of para-hydroxylation sites is 1. The molecule has 2 aromatic carbocycles. The number of hydrogen-bond donors (Lipinski definition) is 2. The number of nitrogens with one attached hydrogen (secondary N) is 2. The average molecular weight is 364 g/mol. The van der Waals surface area contributed by atoms with E-state index in [1.807, 2.05) is 49.0 Å². The van der Waals surface area contributed by atoms with E-state index in [0.717, 1.165) is 34.6 Å². The first-order valence-corrected chi connectivity index (χ1v) is 9.88. The van der Waals surface area contributed by atoms with Crippen molar-refractivity contribution >= 4 is 28.1 Å². The van der Waals surface area contributed by atoms with Gasteiger partial charge in [-0.05, 0) is 43.0 Å². The monoisotopic (exact) mass is 364 g/mol. The van der Waals surface area contributed by atoms with Crippen LogP contribution in [0.1, 0.15) is 32.1 Å². The molecule has 5 nitrogen and oxygen atoms in total. The Hall–Kier alpha value is -2.69. The van der Waals surface area contributed by atoms with Crippen molar-refractivity contribution in [3.63, 3.8) is 0 Å². The minimum Gasteiger partial charge on any atom is -0.376 e. The molecule has 0 spiro atoms. The SMILES string of the molecule is CN(C)c1cc2c(cc1Nc1ccccc1)[nH]c(=O)n2CC1CCCCC1. The van der Waals surface area contributed by atoms with Crippen molar-refractivity contribution in [1.82, 2.24) is 9.55 Å². The molecule has 0 atom stereocenters. The molecule has 1 aliphatic rings. The normalized spacial score (nSPS) is 15.2. The Balaban J connectivity index is 1.73. The lowest BCUT2D eigenvalue weighted by atomic mass is 9.89. The van der Waals surface area contributed by atoms with Crippen LogP contribution in [-0.2, 0) is 6.54 Å². The summed E-state index contributed by atoms with van der Waals surface area (Å²) in [5.41, 5.74) is 4.97. The lowest BCUT2D eigenvalue weighted by molar-refractivity contribution is 0.319. The summed E-state index contributed by atoms with van der Waals surface area (Å²) in [6.45, 7) is 0.817. The van der Waals surface area contributed by atoms with Gasteiger partial charge in [-0.1, -0.05) is 37.5 Å². The van der Waals surface area contributed by atoms with E-state index in [9.17, 15) is 4.79 Å². The van der Waals surface area contributed by atoms with Gasteiger partial charge < -0.3 is 15.2 Å². The molecule has 1 saturated carbocycles. The topological polar surface area (TPSA) is 53.1 Å². The molecule has 4 rings (SSSR count). The molecule has 0 radical (unpaired) electrons. The summed E-state index contributed by atoms with van der Waals surface area (Å²) in [4.78, 5) is 17.8. The molecule has 1 heterocycles. The highest BCUT2D eigenvalue weighted by Crippen LogP contribution is 2.32. The molecule has 5 heteroatoms. The number of fused-ring (bicyclic) bond motifs is 1. The first-order chi connectivity index (χ1) is 13.1. The van der Waals surface area contributed by atoms with E-state index in [-0.39, 0.29) is 5.69 Å².